The van der Waals surface area contributed by atoms with Crippen LogP contribution >= 0.6 is 0 Å². The van der Waals surface area contributed by atoms with Crippen molar-refractivity contribution in [2.75, 3.05) is 19.6 Å². The first kappa shape index (κ1) is 17.7. The van der Waals surface area contributed by atoms with Crippen molar-refractivity contribution < 1.29 is 9.90 Å². The molecule has 1 aliphatic carbocycles. The molecule has 1 N–H and O–H groups in total. The van der Waals surface area contributed by atoms with Gasteiger partial charge in [0, 0.05) is 30.6 Å². The van der Waals surface area contributed by atoms with E-state index in [1.165, 1.54) is 23.1 Å². The number of carbonyl (C=O) groups excluding carboxylic acids is 1. The van der Waals surface area contributed by atoms with Gasteiger partial charge in [0.1, 0.15) is 5.75 Å². The number of phenolic OH excluding ortho intramolecular Hbond substituents is 1. The minimum Gasteiger partial charge on any atom is -0.508 e. The number of amides is 1. The van der Waals surface area contributed by atoms with E-state index in [2.05, 4.69) is 17.0 Å². The summed E-state index contributed by atoms with van der Waals surface area (Å²) in [6, 6.07) is 14.6. The first-order chi connectivity index (χ1) is 13.7. The Kier molecular flexibility index (Phi) is 4.59. The highest BCUT2D eigenvalue weighted by Crippen LogP contribution is 2.43. The zero-order chi connectivity index (χ0) is 19.1. The van der Waals surface area contributed by atoms with Crippen LogP contribution in [-0.2, 0) is 13.0 Å². The van der Waals surface area contributed by atoms with Gasteiger partial charge in [0.2, 0.25) is 0 Å². The van der Waals surface area contributed by atoms with E-state index < -0.39 is 0 Å². The standard InChI is InChI=1S/C24H28N2O2/c27-23-9-5-8-19-20-12-15-25(22(20)11-10-21(19)23)13-3-4-14-26-16-17-6-1-2-7-18(17)24(26)28/h1-2,5-9,20,22,27H,3-4,10-16H2/t20-,22+/m0/s1. The third-order valence-electron chi connectivity index (χ3n) is 6.96. The fraction of sp³-hybridized carbons (Fsp3) is 0.458. The van der Waals surface area contributed by atoms with Crippen LogP contribution in [0.15, 0.2) is 42.5 Å². The lowest BCUT2D eigenvalue weighted by molar-refractivity contribution is 0.0773. The topological polar surface area (TPSA) is 43.8 Å². The SMILES string of the molecule is O=C1c2ccccc2CN1CCCCN1CC[C@H]2c3cccc(O)c3CC[C@H]21. The molecule has 1 saturated heterocycles. The number of likely N-dealkylation sites (tertiary alicyclic amines) is 1. The predicted octanol–water partition coefficient (Wildman–Crippen LogP) is 3.93. The smallest absolute Gasteiger partial charge is 0.254 e. The summed E-state index contributed by atoms with van der Waals surface area (Å²) >= 11 is 0. The van der Waals surface area contributed by atoms with E-state index in [0.29, 0.717) is 17.7 Å². The molecule has 4 nitrogen and oxygen atoms in total. The maximum Gasteiger partial charge on any atom is 0.254 e. The van der Waals surface area contributed by atoms with Crippen LogP contribution in [0.3, 0.4) is 0 Å². The fourth-order valence-electron chi connectivity index (χ4n) is 5.56. The molecule has 2 aromatic carbocycles. The molecule has 5 rings (SSSR count). The van der Waals surface area contributed by atoms with Crippen LogP contribution in [0.1, 0.15) is 58.6 Å². The van der Waals surface area contributed by atoms with Crippen molar-refractivity contribution in [1.82, 2.24) is 9.80 Å². The van der Waals surface area contributed by atoms with Crippen molar-refractivity contribution in [3.8, 4) is 5.75 Å². The maximum absolute atomic E-state index is 12.5. The van der Waals surface area contributed by atoms with Crippen LogP contribution < -0.4 is 0 Å². The summed E-state index contributed by atoms with van der Waals surface area (Å²) < 4.78 is 0. The highest BCUT2D eigenvalue weighted by atomic mass is 16.3. The van der Waals surface area contributed by atoms with Gasteiger partial charge in [0.05, 0.1) is 0 Å². The van der Waals surface area contributed by atoms with Crippen LogP contribution in [0.2, 0.25) is 0 Å². The second-order valence-electron chi connectivity index (χ2n) is 8.47. The summed E-state index contributed by atoms with van der Waals surface area (Å²) in [7, 11) is 0. The molecule has 1 amide bonds. The molecule has 0 unspecified atom stereocenters. The fourth-order valence-corrected chi connectivity index (χ4v) is 5.56. The van der Waals surface area contributed by atoms with Gasteiger partial charge in [0.15, 0.2) is 0 Å². The molecule has 28 heavy (non-hydrogen) atoms. The molecule has 146 valence electrons. The molecule has 0 saturated carbocycles. The molecule has 0 aromatic heterocycles. The van der Waals surface area contributed by atoms with Crippen LogP contribution in [0.25, 0.3) is 0 Å². The lowest BCUT2D eigenvalue weighted by atomic mass is 9.79. The second-order valence-corrected chi connectivity index (χ2v) is 8.47. The Hall–Kier alpha value is -2.33. The summed E-state index contributed by atoms with van der Waals surface area (Å²) in [4.78, 5) is 17.1. The molecule has 4 heteroatoms. The van der Waals surface area contributed by atoms with Crippen molar-refractivity contribution >= 4 is 5.91 Å². The van der Waals surface area contributed by atoms with Crippen LogP contribution in [-0.4, -0.2) is 46.5 Å². The highest BCUT2D eigenvalue weighted by Gasteiger charge is 2.38. The minimum absolute atomic E-state index is 0.195. The number of phenols is 1. The van der Waals surface area contributed by atoms with Crippen LogP contribution in [0, 0.1) is 0 Å². The van der Waals surface area contributed by atoms with Crippen molar-refractivity contribution in [3.05, 3.63) is 64.7 Å². The van der Waals surface area contributed by atoms with Crippen molar-refractivity contribution in [1.29, 1.82) is 0 Å². The average molecular weight is 377 g/mol. The van der Waals surface area contributed by atoms with Gasteiger partial charge in [-0.05, 0) is 74.0 Å². The number of hydrogen-bond donors (Lipinski definition) is 1. The van der Waals surface area contributed by atoms with Crippen LogP contribution in [0.4, 0.5) is 0 Å². The number of unbranched alkanes of at least 4 members (excludes halogenated alkanes) is 1. The Morgan fingerprint density at radius 1 is 1.00 bits per heavy atom. The van der Waals surface area contributed by atoms with Gasteiger partial charge in [-0.3, -0.25) is 9.69 Å². The zero-order valence-corrected chi connectivity index (χ0v) is 16.3. The number of rotatable bonds is 5. The first-order valence-corrected chi connectivity index (χ1v) is 10.6. The summed E-state index contributed by atoms with van der Waals surface area (Å²) in [5, 5.41) is 10.2. The number of nitrogens with zero attached hydrogens (tertiary/aromatic N) is 2. The van der Waals surface area contributed by atoms with E-state index in [9.17, 15) is 9.90 Å². The zero-order valence-electron chi connectivity index (χ0n) is 16.3. The molecule has 0 radical (unpaired) electrons. The van der Waals surface area contributed by atoms with E-state index in [4.69, 9.17) is 0 Å². The van der Waals surface area contributed by atoms with Crippen molar-refractivity contribution in [3.63, 3.8) is 0 Å². The molecule has 2 aromatic rings. The van der Waals surface area contributed by atoms with Crippen molar-refractivity contribution in [2.45, 2.75) is 50.6 Å². The predicted molar refractivity (Wildman–Crippen MR) is 110 cm³/mol. The number of carbonyl (C=O) groups is 1. The van der Waals surface area contributed by atoms with Gasteiger partial charge in [-0.15, -0.1) is 0 Å². The summed E-state index contributed by atoms with van der Waals surface area (Å²) in [5.41, 5.74) is 4.60. The molecule has 2 atom stereocenters. The maximum atomic E-state index is 12.5. The van der Waals surface area contributed by atoms with Gasteiger partial charge >= 0.3 is 0 Å². The molecule has 2 aliphatic heterocycles. The third-order valence-corrected chi connectivity index (χ3v) is 6.96. The Labute approximate surface area is 166 Å². The quantitative estimate of drug-likeness (QED) is 0.804. The number of hydrogen-bond acceptors (Lipinski definition) is 3. The van der Waals surface area contributed by atoms with Gasteiger partial charge in [0.25, 0.3) is 5.91 Å². The Balaban J connectivity index is 1.14. The second kappa shape index (κ2) is 7.25. The number of benzene rings is 2. The van der Waals surface area contributed by atoms with E-state index in [0.717, 1.165) is 57.4 Å². The van der Waals surface area contributed by atoms with E-state index in [-0.39, 0.29) is 5.91 Å². The lowest BCUT2D eigenvalue weighted by Gasteiger charge is -2.33. The summed E-state index contributed by atoms with van der Waals surface area (Å²) in [6.07, 6.45) is 5.53. The molecular formula is C24H28N2O2. The van der Waals surface area contributed by atoms with Gasteiger partial charge in [-0.25, -0.2) is 0 Å². The molecular weight excluding hydrogens is 348 g/mol. The Bertz CT molecular complexity index is 894. The lowest BCUT2D eigenvalue weighted by Crippen LogP contribution is -2.36. The summed E-state index contributed by atoms with van der Waals surface area (Å²) in [6.45, 7) is 3.89. The average Bonchev–Trinajstić information content (AvgIpc) is 3.27. The van der Waals surface area contributed by atoms with E-state index in [1.807, 2.05) is 35.2 Å². The highest BCUT2D eigenvalue weighted by molar-refractivity contribution is 5.98. The van der Waals surface area contributed by atoms with E-state index in [1.54, 1.807) is 0 Å². The molecule has 2 heterocycles. The molecule has 0 bridgehead atoms. The minimum atomic E-state index is 0.195. The molecule has 0 spiro atoms. The molecule has 3 aliphatic rings. The van der Waals surface area contributed by atoms with Crippen LogP contribution in [0.5, 0.6) is 5.75 Å². The van der Waals surface area contributed by atoms with Crippen molar-refractivity contribution in [2.24, 2.45) is 0 Å². The first-order valence-electron chi connectivity index (χ1n) is 10.6. The van der Waals surface area contributed by atoms with Gasteiger partial charge < -0.3 is 10.0 Å². The summed E-state index contributed by atoms with van der Waals surface area (Å²) in [5.74, 6) is 1.25. The normalized spacial score (nSPS) is 23.6. The largest absolute Gasteiger partial charge is 0.508 e. The molecule has 1 fully saturated rings. The third kappa shape index (κ3) is 3.00. The monoisotopic (exact) mass is 376 g/mol. The number of fused-ring (bicyclic) bond motifs is 4. The Morgan fingerprint density at radius 2 is 1.86 bits per heavy atom. The van der Waals surface area contributed by atoms with Gasteiger partial charge in [-0.2, -0.15) is 0 Å². The Morgan fingerprint density at radius 3 is 2.75 bits per heavy atom. The van der Waals surface area contributed by atoms with Gasteiger partial charge in [-0.1, -0.05) is 30.3 Å². The number of aromatic hydroxyl groups is 1. The van der Waals surface area contributed by atoms with E-state index >= 15 is 0 Å².